The van der Waals surface area contributed by atoms with Gasteiger partial charge >= 0.3 is 0 Å². The molecule has 2 aromatic carbocycles. The molecule has 24 heavy (non-hydrogen) atoms. The van der Waals surface area contributed by atoms with Gasteiger partial charge in [0.25, 0.3) is 5.69 Å². The van der Waals surface area contributed by atoms with E-state index in [1.54, 1.807) is 18.3 Å². The van der Waals surface area contributed by atoms with Crippen molar-refractivity contribution in [2.45, 2.75) is 0 Å². The Hall–Kier alpha value is -2.93. The predicted molar refractivity (Wildman–Crippen MR) is 93.8 cm³/mol. The van der Waals surface area contributed by atoms with Gasteiger partial charge in [0.2, 0.25) is 0 Å². The molecular weight excluding hydrogens is 308 g/mol. The highest BCUT2D eigenvalue weighted by Crippen LogP contribution is 2.17. The van der Waals surface area contributed by atoms with Gasteiger partial charge < -0.3 is 9.64 Å². The summed E-state index contributed by atoms with van der Waals surface area (Å²) < 4.78 is 5.35. The van der Waals surface area contributed by atoms with Crippen molar-refractivity contribution in [1.82, 2.24) is 0 Å². The van der Waals surface area contributed by atoms with E-state index in [9.17, 15) is 10.1 Å². The summed E-state index contributed by atoms with van der Waals surface area (Å²) in [4.78, 5) is 12.5. The quantitative estimate of drug-likeness (QED) is 0.519. The normalized spacial score (nSPS) is 14.8. The Bertz CT molecular complexity index is 708. The SMILES string of the molecule is O=[N+]([O-])c1ccc(N/N=C/c2ccc(N3CCOCC3)cc2)cc1. The average Bonchev–Trinajstić information content (AvgIpc) is 2.63. The maximum atomic E-state index is 10.6. The first-order valence-corrected chi connectivity index (χ1v) is 7.69. The third-order valence-electron chi connectivity index (χ3n) is 3.75. The summed E-state index contributed by atoms with van der Waals surface area (Å²) in [6.45, 7) is 3.36. The van der Waals surface area contributed by atoms with Crippen molar-refractivity contribution >= 4 is 23.3 Å². The molecule has 124 valence electrons. The molecule has 1 fully saturated rings. The molecule has 0 radical (unpaired) electrons. The topological polar surface area (TPSA) is 80.0 Å². The molecule has 1 aliphatic heterocycles. The second-order valence-electron chi connectivity index (χ2n) is 5.36. The molecule has 0 bridgehead atoms. The molecule has 1 saturated heterocycles. The molecule has 0 unspecified atom stereocenters. The van der Waals surface area contributed by atoms with E-state index in [1.165, 1.54) is 17.8 Å². The third-order valence-corrected chi connectivity index (χ3v) is 3.75. The fourth-order valence-corrected chi connectivity index (χ4v) is 2.43. The molecule has 2 aromatic rings. The van der Waals surface area contributed by atoms with Gasteiger partial charge in [-0.25, -0.2) is 0 Å². The van der Waals surface area contributed by atoms with Gasteiger partial charge in [-0.15, -0.1) is 0 Å². The number of rotatable bonds is 5. The molecule has 1 heterocycles. The summed E-state index contributed by atoms with van der Waals surface area (Å²) >= 11 is 0. The van der Waals surface area contributed by atoms with Gasteiger partial charge in [0, 0.05) is 30.9 Å². The molecule has 3 rings (SSSR count). The van der Waals surface area contributed by atoms with E-state index >= 15 is 0 Å². The van der Waals surface area contributed by atoms with E-state index in [0.29, 0.717) is 5.69 Å². The predicted octanol–water partition coefficient (Wildman–Crippen LogP) is 2.88. The molecule has 0 aliphatic carbocycles. The highest BCUT2D eigenvalue weighted by Gasteiger charge is 2.10. The maximum Gasteiger partial charge on any atom is 0.269 e. The number of morpholine rings is 1. The van der Waals surface area contributed by atoms with Gasteiger partial charge in [0.05, 0.1) is 30.0 Å². The van der Waals surface area contributed by atoms with Crippen molar-refractivity contribution in [1.29, 1.82) is 0 Å². The summed E-state index contributed by atoms with van der Waals surface area (Å²) in [7, 11) is 0. The number of anilines is 2. The van der Waals surface area contributed by atoms with Crippen molar-refractivity contribution in [3.8, 4) is 0 Å². The first kappa shape index (κ1) is 15.9. The Morgan fingerprint density at radius 3 is 2.38 bits per heavy atom. The van der Waals surface area contributed by atoms with Crippen molar-refractivity contribution in [2.24, 2.45) is 5.10 Å². The van der Waals surface area contributed by atoms with Crippen LogP contribution in [0.25, 0.3) is 0 Å². The van der Waals surface area contributed by atoms with Gasteiger partial charge in [-0.1, -0.05) is 12.1 Å². The standard InChI is InChI=1S/C17H18N4O3/c22-21(23)17-7-3-15(4-8-17)19-18-13-14-1-5-16(6-2-14)20-9-11-24-12-10-20/h1-8,13,19H,9-12H2/b18-13+. The molecule has 7 heteroatoms. The molecular formula is C17H18N4O3. The van der Waals surface area contributed by atoms with E-state index < -0.39 is 4.92 Å². The van der Waals surface area contributed by atoms with E-state index in [1.807, 2.05) is 12.1 Å². The fraction of sp³-hybridized carbons (Fsp3) is 0.235. The van der Waals surface area contributed by atoms with Crippen molar-refractivity contribution in [3.05, 3.63) is 64.2 Å². The van der Waals surface area contributed by atoms with E-state index in [-0.39, 0.29) is 5.69 Å². The lowest BCUT2D eigenvalue weighted by Gasteiger charge is -2.28. The Morgan fingerprint density at radius 2 is 1.75 bits per heavy atom. The zero-order chi connectivity index (χ0) is 16.8. The molecule has 1 N–H and O–H groups in total. The summed E-state index contributed by atoms with van der Waals surface area (Å²) in [6.07, 6.45) is 1.71. The molecule has 0 atom stereocenters. The summed E-state index contributed by atoms with van der Waals surface area (Å²) in [5, 5.41) is 14.7. The van der Waals surface area contributed by atoms with Gasteiger partial charge in [0.1, 0.15) is 0 Å². The van der Waals surface area contributed by atoms with Crippen molar-refractivity contribution in [3.63, 3.8) is 0 Å². The largest absolute Gasteiger partial charge is 0.378 e. The minimum atomic E-state index is -0.428. The number of benzene rings is 2. The summed E-state index contributed by atoms with van der Waals surface area (Å²) in [5.74, 6) is 0. The Labute approximate surface area is 139 Å². The second kappa shape index (κ2) is 7.56. The van der Waals surface area contributed by atoms with Crippen LogP contribution in [0.1, 0.15) is 5.56 Å². The van der Waals surface area contributed by atoms with Crippen molar-refractivity contribution < 1.29 is 9.66 Å². The fourth-order valence-electron chi connectivity index (χ4n) is 2.43. The van der Waals surface area contributed by atoms with Crippen LogP contribution in [0.3, 0.4) is 0 Å². The third kappa shape index (κ3) is 4.08. The number of nitro benzene ring substituents is 1. The molecule has 0 spiro atoms. The first-order chi connectivity index (χ1) is 11.7. The number of nitro groups is 1. The summed E-state index contributed by atoms with van der Waals surface area (Å²) in [6, 6.07) is 14.3. The zero-order valence-corrected chi connectivity index (χ0v) is 13.1. The van der Waals surface area contributed by atoms with Crippen LogP contribution in [0.15, 0.2) is 53.6 Å². The maximum absolute atomic E-state index is 10.6. The molecule has 0 aromatic heterocycles. The van der Waals surface area contributed by atoms with Crippen LogP contribution < -0.4 is 10.3 Å². The van der Waals surface area contributed by atoms with Crippen LogP contribution in [0.5, 0.6) is 0 Å². The molecule has 7 nitrogen and oxygen atoms in total. The number of hydrazone groups is 1. The van der Waals surface area contributed by atoms with Gasteiger partial charge in [-0.3, -0.25) is 15.5 Å². The van der Waals surface area contributed by atoms with Gasteiger partial charge in [0.15, 0.2) is 0 Å². The lowest BCUT2D eigenvalue weighted by molar-refractivity contribution is -0.384. The lowest BCUT2D eigenvalue weighted by Crippen LogP contribution is -2.36. The van der Waals surface area contributed by atoms with Crippen LogP contribution in [0.2, 0.25) is 0 Å². The molecule has 1 aliphatic rings. The minimum absolute atomic E-state index is 0.0585. The van der Waals surface area contributed by atoms with Crippen LogP contribution >= 0.6 is 0 Å². The average molecular weight is 326 g/mol. The first-order valence-electron chi connectivity index (χ1n) is 7.69. The highest BCUT2D eigenvalue weighted by atomic mass is 16.6. The van der Waals surface area contributed by atoms with Gasteiger partial charge in [-0.2, -0.15) is 5.10 Å². The van der Waals surface area contributed by atoms with Gasteiger partial charge in [-0.05, 0) is 29.8 Å². The van der Waals surface area contributed by atoms with E-state index in [2.05, 4.69) is 27.6 Å². The Balaban J connectivity index is 1.57. The number of nitrogens with one attached hydrogen (secondary N) is 1. The van der Waals surface area contributed by atoms with Crippen LogP contribution in [-0.4, -0.2) is 37.4 Å². The number of hydrogen-bond acceptors (Lipinski definition) is 6. The second-order valence-corrected chi connectivity index (χ2v) is 5.36. The van der Waals surface area contributed by atoms with Crippen LogP contribution in [0, 0.1) is 10.1 Å². The highest BCUT2D eigenvalue weighted by molar-refractivity contribution is 5.81. The monoisotopic (exact) mass is 326 g/mol. The van der Waals surface area contributed by atoms with Crippen molar-refractivity contribution in [2.75, 3.05) is 36.6 Å². The smallest absolute Gasteiger partial charge is 0.269 e. The number of non-ortho nitro benzene ring substituents is 1. The Morgan fingerprint density at radius 1 is 1.08 bits per heavy atom. The lowest BCUT2D eigenvalue weighted by atomic mass is 10.2. The van der Waals surface area contributed by atoms with E-state index in [4.69, 9.17) is 4.74 Å². The minimum Gasteiger partial charge on any atom is -0.378 e. The Kier molecular flexibility index (Phi) is 5.02. The summed E-state index contributed by atoms with van der Waals surface area (Å²) in [5.41, 5.74) is 5.76. The van der Waals surface area contributed by atoms with E-state index in [0.717, 1.165) is 31.9 Å². The molecule has 0 saturated carbocycles. The number of nitrogens with zero attached hydrogens (tertiary/aromatic N) is 3. The molecule has 0 amide bonds. The zero-order valence-electron chi connectivity index (χ0n) is 13.1. The number of hydrogen-bond donors (Lipinski definition) is 1. The van der Waals surface area contributed by atoms with Crippen LogP contribution in [-0.2, 0) is 4.74 Å². The van der Waals surface area contributed by atoms with Crippen LogP contribution in [0.4, 0.5) is 17.1 Å². The number of ether oxygens (including phenoxy) is 1.